The van der Waals surface area contributed by atoms with Gasteiger partial charge in [0.25, 0.3) is 11.8 Å². The summed E-state index contributed by atoms with van der Waals surface area (Å²) in [6.07, 6.45) is 6.60. The number of nitriles is 1. The average Bonchev–Trinajstić information content (AvgIpc) is 3.47. The van der Waals surface area contributed by atoms with Gasteiger partial charge in [-0.15, -0.1) is 0 Å². The molecule has 1 aliphatic carbocycles. The minimum Gasteiger partial charge on any atom is -0.445 e. The second-order valence-electron chi connectivity index (χ2n) is 15.8. The SMILES string of the molecule is CC(C)Nc1c(C(=O)N[C@H]2CC[C@H](CN3CCN(c4cccc5c4n(C)c(=O)n5C4(C=O)CCC(=O)NC4)CC3)CC2)cnc2c1Oc1ccc(C#N)cc1O2. The molecule has 0 radical (unpaired) electrons. The molecule has 3 N–H and O–H groups in total. The maximum absolute atomic E-state index is 13.7. The Kier molecular flexibility index (Phi) is 9.92. The highest BCUT2D eigenvalue weighted by Crippen LogP contribution is 2.49. The highest BCUT2D eigenvalue weighted by molar-refractivity contribution is 6.01. The zero-order chi connectivity index (χ0) is 39.1. The Balaban J connectivity index is 0.875. The molecule has 1 unspecified atom stereocenters. The summed E-state index contributed by atoms with van der Waals surface area (Å²) < 4.78 is 15.4. The lowest BCUT2D eigenvalue weighted by Crippen LogP contribution is -2.54. The number of anilines is 2. The van der Waals surface area contributed by atoms with Crippen molar-refractivity contribution >= 4 is 40.5 Å². The third-order valence-electron chi connectivity index (χ3n) is 11.7. The number of aldehydes is 1. The Labute approximate surface area is 324 Å². The zero-order valence-corrected chi connectivity index (χ0v) is 32.0. The first-order valence-corrected chi connectivity index (χ1v) is 19.5. The number of hydrogen-bond acceptors (Lipinski definition) is 11. The van der Waals surface area contributed by atoms with Crippen molar-refractivity contribution in [3.8, 4) is 29.2 Å². The van der Waals surface area contributed by atoms with Gasteiger partial charge in [-0.3, -0.25) is 23.6 Å². The number of piperazine rings is 1. The summed E-state index contributed by atoms with van der Waals surface area (Å²) in [7, 11) is 1.75. The number of nitrogens with one attached hydrogen (secondary N) is 3. The van der Waals surface area contributed by atoms with Crippen LogP contribution in [0.1, 0.15) is 68.3 Å². The van der Waals surface area contributed by atoms with Gasteiger partial charge in [-0.25, -0.2) is 9.78 Å². The molecule has 1 atom stereocenters. The molecule has 2 saturated heterocycles. The molecule has 2 aromatic heterocycles. The van der Waals surface area contributed by atoms with Crippen LogP contribution in [0, 0.1) is 17.2 Å². The van der Waals surface area contributed by atoms with Crippen LogP contribution in [0.2, 0.25) is 0 Å². The maximum atomic E-state index is 13.7. The number of carbonyl (C=O) groups excluding carboxylic acids is 3. The lowest BCUT2D eigenvalue weighted by molar-refractivity contribution is -0.126. The first-order chi connectivity index (χ1) is 27.1. The largest absolute Gasteiger partial charge is 0.445 e. The van der Waals surface area contributed by atoms with Crippen molar-refractivity contribution in [1.82, 2.24) is 29.7 Å². The van der Waals surface area contributed by atoms with E-state index in [4.69, 9.17) is 9.47 Å². The van der Waals surface area contributed by atoms with Crippen molar-refractivity contribution in [3.05, 3.63) is 64.2 Å². The van der Waals surface area contributed by atoms with E-state index in [0.717, 1.165) is 75.9 Å². The first kappa shape index (κ1) is 37.1. The van der Waals surface area contributed by atoms with Gasteiger partial charge in [0, 0.05) is 77.1 Å². The van der Waals surface area contributed by atoms with E-state index >= 15 is 0 Å². The zero-order valence-electron chi connectivity index (χ0n) is 32.0. The van der Waals surface area contributed by atoms with E-state index in [-0.39, 0.29) is 54.9 Å². The number of carbonyl (C=O) groups is 3. The monoisotopic (exact) mass is 761 g/mol. The quantitative estimate of drug-likeness (QED) is 0.183. The lowest BCUT2D eigenvalue weighted by Gasteiger charge is -2.39. The van der Waals surface area contributed by atoms with Crippen molar-refractivity contribution in [2.45, 2.75) is 70.0 Å². The summed E-state index contributed by atoms with van der Waals surface area (Å²) in [5.41, 5.74) is 2.44. The van der Waals surface area contributed by atoms with Crippen LogP contribution >= 0.6 is 0 Å². The number of piperidine rings is 1. The second-order valence-corrected chi connectivity index (χ2v) is 15.8. The number of hydrogen-bond donors (Lipinski definition) is 3. The third kappa shape index (κ3) is 6.82. The number of amides is 2. The molecule has 292 valence electrons. The number of para-hydroxylation sites is 1. The van der Waals surface area contributed by atoms with Gasteiger partial charge in [-0.1, -0.05) is 6.07 Å². The Morgan fingerprint density at radius 2 is 1.88 bits per heavy atom. The molecule has 8 rings (SSSR count). The highest BCUT2D eigenvalue weighted by atomic mass is 16.6. The number of nitrogens with zero attached hydrogens (tertiary/aromatic N) is 6. The third-order valence-corrected chi connectivity index (χ3v) is 11.7. The topological polar surface area (TPSA) is 176 Å². The number of benzene rings is 2. The van der Waals surface area contributed by atoms with Crippen LogP contribution in [0.4, 0.5) is 11.4 Å². The van der Waals surface area contributed by atoms with E-state index in [1.54, 1.807) is 34.4 Å². The number of ether oxygens (including phenoxy) is 2. The average molecular weight is 762 g/mol. The van der Waals surface area contributed by atoms with Crippen molar-refractivity contribution < 1.29 is 23.9 Å². The molecule has 4 aromatic rings. The molecule has 5 heterocycles. The molecule has 15 nitrogen and oxygen atoms in total. The Hall–Kier alpha value is -5.88. The number of pyridine rings is 1. The molecular formula is C41H47N9O6. The fourth-order valence-electron chi connectivity index (χ4n) is 8.67. The molecule has 56 heavy (non-hydrogen) atoms. The molecular weight excluding hydrogens is 715 g/mol. The van der Waals surface area contributed by atoms with Gasteiger partial charge >= 0.3 is 5.69 Å². The summed E-state index contributed by atoms with van der Waals surface area (Å²) in [4.78, 5) is 61.0. The summed E-state index contributed by atoms with van der Waals surface area (Å²) in [6, 6.07) is 13.0. The molecule has 15 heteroatoms. The standard InChI is InChI=1S/C41H47N9O6/c1-25(2)45-35-29(21-43-39-37(35)55-32-12-9-27(20-42)19-33(32)56-39)38(53)46-28-10-7-26(8-11-28)22-48-15-17-49(18-16-48)30-5-4-6-31-36(30)47(3)40(54)50(31)41(24-51)14-13-34(52)44-23-41/h4-6,9,12,19,21,24-26,28H,7-8,10-11,13-18,22-23H2,1-3H3,(H,43,45)(H,44,52)(H,46,53)/t26-,28-,41?. The summed E-state index contributed by atoms with van der Waals surface area (Å²) >= 11 is 0. The summed E-state index contributed by atoms with van der Waals surface area (Å²) in [5, 5.41) is 18.7. The van der Waals surface area contributed by atoms with Crippen LogP contribution in [0.3, 0.4) is 0 Å². The van der Waals surface area contributed by atoms with Crippen molar-refractivity contribution in [1.29, 1.82) is 5.26 Å². The number of rotatable bonds is 9. The fourth-order valence-corrected chi connectivity index (χ4v) is 8.67. The highest BCUT2D eigenvalue weighted by Gasteiger charge is 2.40. The van der Waals surface area contributed by atoms with E-state index in [0.29, 0.717) is 45.5 Å². The summed E-state index contributed by atoms with van der Waals surface area (Å²) in [5.74, 6) is 1.62. The molecule has 1 saturated carbocycles. The number of imidazole rings is 1. The van der Waals surface area contributed by atoms with Crippen LogP contribution in [0.5, 0.6) is 23.1 Å². The Morgan fingerprint density at radius 3 is 2.57 bits per heavy atom. The van der Waals surface area contributed by atoms with Gasteiger partial charge in [-0.2, -0.15) is 5.26 Å². The molecule has 2 amide bonds. The predicted octanol–water partition coefficient (Wildman–Crippen LogP) is 4.24. The van der Waals surface area contributed by atoms with E-state index < -0.39 is 5.54 Å². The van der Waals surface area contributed by atoms with Gasteiger partial charge in [0.2, 0.25) is 11.7 Å². The number of aromatic nitrogens is 3. The van der Waals surface area contributed by atoms with Gasteiger partial charge in [0.05, 0.1) is 39.6 Å². The molecule has 3 fully saturated rings. The van der Waals surface area contributed by atoms with Crippen LogP contribution in [-0.2, 0) is 22.2 Å². The first-order valence-electron chi connectivity index (χ1n) is 19.5. The Bertz CT molecular complexity index is 2280. The van der Waals surface area contributed by atoms with E-state index in [1.165, 1.54) is 6.20 Å². The van der Waals surface area contributed by atoms with Crippen molar-refractivity contribution in [2.75, 3.05) is 49.5 Å². The van der Waals surface area contributed by atoms with Gasteiger partial charge in [-0.05, 0) is 76.1 Å². The molecule has 3 aliphatic heterocycles. The summed E-state index contributed by atoms with van der Waals surface area (Å²) in [6.45, 7) is 8.45. The Morgan fingerprint density at radius 1 is 1.09 bits per heavy atom. The van der Waals surface area contributed by atoms with E-state index in [9.17, 15) is 24.4 Å². The normalized spacial score (nSPS) is 22.3. The van der Waals surface area contributed by atoms with Crippen LogP contribution in [0.15, 0.2) is 47.4 Å². The maximum Gasteiger partial charge on any atom is 0.329 e. The minimum absolute atomic E-state index is 0.00899. The van der Waals surface area contributed by atoms with Crippen LogP contribution in [-0.4, -0.2) is 88.5 Å². The van der Waals surface area contributed by atoms with E-state index in [1.807, 2.05) is 32.0 Å². The molecule has 0 spiro atoms. The number of aryl methyl sites for hydroxylation is 1. The molecule has 2 aromatic carbocycles. The van der Waals surface area contributed by atoms with Gasteiger partial charge < -0.3 is 35.1 Å². The minimum atomic E-state index is -1.11. The molecule has 0 bridgehead atoms. The van der Waals surface area contributed by atoms with Crippen LogP contribution < -0.4 is 36.0 Å². The van der Waals surface area contributed by atoms with Gasteiger partial charge in [0.15, 0.2) is 11.5 Å². The smallest absolute Gasteiger partial charge is 0.329 e. The van der Waals surface area contributed by atoms with Crippen LogP contribution in [0.25, 0.3) is 11.0 Å². The van der Waals surface area contributed by atoms with Crippen molar-refractivity contribution in [2.24, 2.45) is 13.0 Å². The van der Waals surface area contributed by atoms with E-state index in [2.05, 4.69) is 36.8 Å². The fraction of sp³-hybridized carbons (Fsp3) is 0.463. The predicted molar refractivity (Wildman–Crippen MR) is 210 cm³/mol. The molecule has 4 aliphatic rings. The van der Waals surface area contributed by atoms with Gasteiger partial charge in [0.1, 0.15) is 11.8 Å². The number of fused-ring (bicyclic) bond motifs is 3. The van der Waals surface area contributed by atoms with Crippen molar-refractivity contribution in [3.63, 3.8) is 0 Å². The lowest BCUT2D eigenvalue weighted by atomic mass is 9.85. The second kappa shape index (κ2) is 15.0.